The summed E-state index contributed by atoms with van der Waals surface area (Å²) in [5, 5.41) is 2.77. The van der Waals surface area contributed by atoms with Crippen LogP contribution in [-0.2, 0) is 4.79 Å². The largest absolute Gasteiger partial charge is 0.324 e. The van der Waals surface area contributed by atoms with Crippen LogP contribution >= 0.6 is 0 Å². The lowest BCUT2D eigenvalue weighted by molar-refractivity contribution is -0.114. The van der Waals surface area contributed by atoms with Gasteiger partial charge in [-0.3, -0.25) is 14.9 Å². The second-order valence-electron chi connectivity index (χ2n) is 3.43. The Hall–Kier alpha value is -2.23. The minimum Gasteiger partial charge on any atom is -0.324 e. The first-order valence-electron chi connectivity index (χ1n) is 5.02. The average Bonchev–Trinajstić information content (AvgIpc) is 2.73. The van der Waals surface area contributed by atoms with Gasteiger partial charge in [-0.2, -0.15) is 0 Å². The van der Waals surface area contributed by atoms with Crippen LogP contribution in [0.1, 0.15) is 6.92 Å². The molecule has 1 aromatic carbocycles. The summed E-state index contributed by atoms with van der Waals surface area (Å²) in [5.41, 5.74) is 4.78. The van der Waals surface area contributed by atoms with Crippen molar-refractivity contribution in [3.63, 3.8) is 0 Å². The van der Waals surface area contributed by atoms with Gasteiger partial charge >= 0.3 is 0 Å². The Morgan fingerprint density at radius 1 is 1.06 bits per heavy atom. The molecule has 82 valence electrons. The number of nitrogens with zero attached hydrogens (tertiary/aromatic N) is 1. The highest BCUT2D eigenvalue weighted by Gasteiger charge is 2.02. The van der Waals surface area contributed by atoms with Crippen molar-refractivity contribution >= 4 is 17.3 Å². The van der Waals surface area contributed by atoms with E-state index in [0.717, 1.165) is 11.4 Å². The Morgan fingerprint density at radius 2 is 1.69 bits per heavy atom. The summed E-state index contributed by atoms with van der Waals surface area (Å²) in [6, 6.07) is 11.4. The Bertz CT molecular complexity index is 477. The van der Waals surface area contributed by atoms with E-state index in [1.165, 1.54) is 6.92 Å². The van der Waals surface area contributed by atoms with Crippen molar-refractivity contribution in [2.75, 3.05) is 10.7 Å². The van der Waals surface area contributed by atoms with Crippen LogP contribution in [-0.4, -0.2) is 10.6 Å². The lowest BCUT2D eigenvalue weighted by Crippen LogP contribution is -2.11. The van der Waals surface area contributed by atoms with E-state index in [1.807, 2.05) is 53.5 Å². The predicted molar refractivity (Wildman–Crippen MR) is 64.2 cm³/mol. The summed E-state index contributed by atoms with van der Waals surface area (Å²) in [6.45, 7) is 1.49. The third-order valence-electron chi connectivity index (χ3n) is 2.09. The molecule has 0 radical (unpaired) electrons. The van der Waals surface area contributed by atoms with Gasteiger partial charge in [0, 0.05) is 19.3 Å². The van der Waals surface area contributed by atoms with Crippen molar-refractivity contribution in [2.45, 2.75) is 6.92 Å². The van der Waals surface area contributed by atoms with Crippen LogP contribution in [0.3, 0.4) is 0 Å². The van der Waals surface area contributed by atoms with Gasteiger partial charge in [0.05, 0.1) is 11.4 Å². The number of hydrogen-bond acceptors (Lipinski definition) is 2. The second-order valence-corrected chi connectivity index (χ2v) is 3.43. The molecule has 0 unspecified atom stereocenters. The summed E-state index contributed by atoms with van der Waals surface area (Å²) in [7, 11) is 0. The number of hydrogen-bond donors (Lipinski definition) is 2. The first-order valence-corrected chi connectivity index (χ1v) is 5.02. The highest BCUT2D eigenvalue weighted by molar-refractivity contribution is 5.92. The zero-order valence-corrected chi connectivity index (χ0v) is 8.97. The lowest BCUT2D eigenvalue weighted by atomic mass is 10.2. The van der Waals surface area contributed by atoms with Gasteiger partial charge in [0.15, 0.2) is 0 Å². The number of carbonyl (C=O) groups is 1. The molecule has 2 rings (SSSR count). The molecule has 2 aromatic rings. The number of rotatable bonds is 3. The molecule has 4 heteroatoms. The van der Waals surface area contributed by atoms with Crippen molar-refractivity contribution in [1.82, 2.24) is 4.68 Å². The van der Waals surface area contributed by atoms with E-state index < -0.39 is 0 Å². The van der Waals surface area contributed by atoms with Crippen LogP contribution in [0.4, 0.5) is 11.4 Å². The van der Waals surface area contributed by atoms with Gasteiger partial charge in [-0.15, -0.1) is 0 Å². The molecule has 4 nitrogen and oxygen atoms in total. The number of benzene rings is 1. The van der Waals surface area contributed by atoms with E-state index in [4.69, 9.17) is 0 Å². The zero-order valence-electron chi connectivity index (χ0n) is 8.97. The van der Waals surface area contributed by atoms with E-state index in [-0.39, 0.29) is 5.91 Å². The fraction of sp³-hybridized carbons (Fsp3) is 0.0833. The molecule has 1 aromatic heterocycles. The monoisotopic (exact) mass is 215 g/mol. The minimum absolute atomic E-state index is 0.0817. The van der Waals surface area contributed by atoms with Crippen molar-refractivity contribution in [3.05, 3.63) is 48.8 Å². The average molecular weight is 215 g/mol. The standard InChI is InChI=1S/C12H13N3O/c1-10(16)13-11-6-2-3-7-12(11)14-15-8-4-5-9-15/h2-9,14H,1H3,(H,13,16). The van der Waals surface area contributed by atoms with Crippen LogP contribution in [0.2, 0.25) is 0 Å². The van der Waals surface area contributed by atoms with Crippen molar-refractivity contribution in [1.29, 1.82) is 0 Å². The molecule has 0 aliphatic heterocycles. The molecular weight excluding hydrogens is 202 g/mol. The molecule has 0 spiro atoms. The Labute approximate surface area is 93.9 Å². The maximum absolute atomic E-state index is 11.0. The van der Waals surface area contributed by atoms with Gasteiger partial charge in [-0.1, -0.05) is 12.1 Å². The molecule has 0 aliphatic carbocycles. The highest BCUT2D eigenvalue weighted by atomic mass is 16.1. The second kappa shape index (κ2) is 4.53. The zero-order chi connectivity index (χ0) is 11.4. The number of nitrogens with one attached hydrogen (secondary N) is 2. The van der Waals surface area contributed by atoms with Crippen LogP contribution in [0.5, 0.6) is 0 Å². The third-order valence-corrected chi connectivity index (χ3v) is 2.09. The van der Waals surface area contributed by atoms with Gasteiger partial charge in [-0.05, 0) is 24.3 Å². The van der Waals surface area contributed by atoms with Gasteiger partial charge in [-0.25, -0.2) is 0 Å². The van der Waals surface area contributed by atoms with E-state index >= 15 is 0 Å². The van der Waals surface area contributed by atoms with E-state index in [9.17, 15) is 4.79 Å². The molecule has 1 heterocycles. The molecular formula is C12H13N3O. The number of carbonyl (C=O) groups excluding carboxylic acids is 1. The molecule has 0 bridgehead atoms. The first kappa shape index (κ1) is 10.3. The van der Waals surface area contributed by atoms with Crippen LogP contribution in [0.15, 0.2) is 48.8 Å². The normalized spacial score (nSPS) is 9.81. The van der Waals surface area contributed by atoms with E-state index in [1.54, 1.807) is 0 Å². The Kier molecular flexibility index (Phi) is 2.91. The van der Waals surface area contributed by atoms with Gasteiger partial charge < -0.3 is 5.32 Å². The highest BCUT2D eigenvalue weighted by Crippen LogP contribution is 2.20. The van der Waals surface area contributed by atoms with Gasteiger partial charge in [0.1, 0.15) is 0 Å². The quantitative estimate of drug-likeness (QED) is 0.825. The maximum Gasteiger partial charge on any atom is 0.221 e. The molecule has 0 aliphatic rings. The smallest absolute Gasteiger partial charge is 0.221 e. The number of anilines is 2. The van der Waals surface area contributed by atoms with Gasteiger partial charge in [0.2, 0.25) is 5.91 Å². The predicted octanol–water partition coefficient (Wildman–Crippen LogP) is 2.32. The summed E-state index contributed by atoms with van der Waals surface area (Å²) >= 11 is 0. The summed E-state index contributed by atoms with van der Waals surface area (Å²) in [5.74, 6) is -0.0817. The minimum atomic E-state index is -0.0817. The molecule has 1 amide bonds. The van der Waals surface area contributed by atoms with Crippen LogP contribution in [0, 0.1) is 0 Å². The lowest BCUT2D eigenvalue weighted by Gasteiger charge is -2.12. The molecule has 0 saturated heterocycles. The Balaban J connectivity index is 2.22. The number of aromatic nitrogens is 1. The molecule has 0 fully saturated rings. The van der Waals surface area contributed by atoms with Crippen molar-refractivity contribution in [3.8, 4) is 0 Å². The van der Waals surface area contributed by atoms with Crippen LogP contribution in [0.25, 0.3) is 0 Å². The molecule has 0 atom stereocenters. The van der Waals surface area contributed by atoms with Gasteiger partial charge in [0.25, 0.3) is 0 Å². The third kappa shape index (κ3) is 2.42. The maximum atomic E-state index is 11.0. The molecule has 16 heavy (non-hydrogen) atoms. The fourth-order valence-corrected chi connectivity index (χ4v) is 1.43. The van der Waals surface area contributed by atoms with Crippen molar-refractivity contribution < 1.29 is 4.79 Å². The van der Waals surface area contributed by atoms with Crippen LogP contribution < -0.4 is 10.7 Å². The van der Waals surface area contributed by atoms with Crippen molar-refractivity contribution in [2.24, 2.45) is 0 Å². The molecule has 2 N–H and O–H groups in total. The summed E-state index contributed by atoms with van der Waals surface area (Å²) in [6.07, 6.45) is 3.79. The van der Waals surface area contributed by atoms with E-state index in [2.05, 4.69) is 10.7 Å². The number of para-hydroxylation sites is 2. The summed E-state index contributed by atoms with van der Waals surface area (Å²) in [4.78, 5) is 11.0. The Morgan fingerprint density at radius 3 is 2.31 bits per heavy atom. The fourth-order valence-electron chi connectivity index (χ4n) is 1.43. The SMILES string of the molecule is CC(=O)Nc1ccccc1Nn1cccc1. The topological polar surface area (TPSA) is 46.1 Å². The van der Waals surface area contributed by atoms with E-state index in [0.29, 0.717) is 0 Å². The summed E-state index contributed by atoms with van der Waals surface area (Å²) < 4.78 is 1.82. The number of amides is 1. The first-order chi connectivity index (χ1) is 7.75. The molecule has 0 saturated carbocycles.